The Hall–Kier alpha value is -5.30. The van der Waals surface area contributed by atoms with E-state index in [9.17, 15) is 19.2 Å². The second kappa shape index (κ2) is 21.2. The minimum Gasteiger partial charge on any atom is -0.497 e. The number of carbonyl (C=O) groups excluding carboxylic acids is 4. The molecule has 2 aromatic heterocycles. The van der Waals surface area contributed by atoms with Crippen LogP contribution in [0.1, 0.15) is 69.9 Å². The molecule has 0 bridgehead atoms. The van der Waals surface area contributed by atoms with Crippen molar-refractivity contribution >= 4 is 52.4 Å². The summed E-state index contributed by atoms with van der Waals surface area (Å²) >= 11 is 1.53. The van der Waals surface area contributed by atoms with Gasteiger partial charge in [-0.25, -0.2) is 19.7 Å². The van der Waals surface area contributed by atoms with Crippen LogP contribution in [-0.4, -0.2) is 106 Å². The first-order valence-corrected chi connectivity index (χ1v) is 22.3. The van der Waals surface area contributed by atoms with Crippen molar-refractivity contribution in [3.05, 3.63) is 77.9 Å². The van der Waals surface area contributed by atoms with E-state index in [2.05, 4.69) is 67.3 Å². The third-order valence-corrected chi connectivity index (χ3v) is 11.4. The quantitative estimate of drug-likeness (QED) is 0.0840. The van der Waals surface area contributed by atoms with Crippen molar-refractivity contribution in [1.82, 2.24) is 30.2 Å². The van der Waals surface area contributed by atoms with E-state index in [0.717, 1.165) is 24.2 Å². The number of nitrogens with two attached hydrogens (primary N) is 1. The van der Waals surface area contributed by atoms with Gasteiger partial charge in [0, 0.05) is 18.9 Å². The van der Waals surface area contributed by atoms with Crippen LogP contribution in [0, 0.1) is 11.8 Å². The van der Waals surface area contributed by atoms with Gasteiger partial charge in [0.2, 0.25) is 11.8 Å². The zero-order chi connectivity index (χ0) is 44.4. The number of hydrogen-bond donors (Lipinski definition) is 4. The smallest absolute Gasteiger partial charge is 0.407 e. The average Bonchev–Trinajstić information content (AvgIpc) is 3.92. The lowest BCUT2D eigenvalue weighted by molar-refractivity contribution is -0.199. The molecule has 4 aromatic rings. The van der Waals surface area contributed by atoms with E-state index in [4.69, 9.17) is 29.4 Å². The summed E-state index contributed by atoms with van der Waals surface area (Å²) in [4.78, 5) is 64.6. The van der Waals surface area contributed by atoms with Gasteiger partial charge in [-0.2, -0.15) is 11.8 Å². The number of carbonyl (C=O) groups is 4. The maximum absolute atomic E-state index is 13.1. The van der Waals surface area contributed by atoms with Gasteiger partial charge in [-0.15, -0.1) is 0 Å². The fourth-order valence-electron chi connectivity index (χ4n) is 7.66. The first-order valence-electron chi connectivity index (χ1n) is 20.9. The lowest BCUT2D eigenvalue weighted by Crippen LogP contribution is -2.47. The maximum atomic E-state index is 13.1. The second-order valence-electron chi connectivity index (χ2n) is 16.5. The number of thioether (sulfide) groups is 1. The van der Waals surface area contributed by atoms with Crippen molar-refractivity contribution in [2.75, 3.05) is 37.6 Å². The Morgan fingerprint density at radius 3 is 2.29 bits per heavy atom. The molecule has 17 nitrogen and oxygen atoms in total. The van der Waals surface area contributed by atoms with Gasteiger partial charge >= 0.3 is 6.09 Å². The Morgan fingerprint density at radius 2 is 1.63 bits per heavy atom. The van der Waals surface area contributed by atoms with Crippen LogP contribution in [0.3, 0.4) is 0 Å². The summed E-state index contributed by atoms with van der Waals surface area (Å²) in [6, 6.07) is 15.8. The van der Waals surface area contributed by atoms with Gasteiger partial charge in [-0.05, 0) is 86.3 Å². The molecule has 18 heteroatoms. The van der Waals surface area contributed by atoms with Crippen LogP contribution in [0.15, 0.2) is 61.2 Å². The topological polar surface area (TPSA) is 220 Å². The van der Waals surface area contributed by atoms with Gasteiger partial charge in [0.1, 0.15) is 43.0 Å². The Morgan fingerprint density at radius 1 is 0.952 bits per heavy atom. The molecule has 6 rings (SSSR count). The fourth-order valence-corrected chi connectivity index (χ4v) is 8.14. The van der Waals surface area contributed by atoms with Crippen LogP contribution in [0.2, 0.25) is 0 Å². The number of benzene rings is 2. The number of rotatable bonds is 22. The molecule has 2 aromatic carbocycles. The zero-order valence-electron chi connectivity index (χ0n) is 36.1. The number of primary amides is 1. The molecular formula is C44H58N8O9S. The van der Waals surface area contributed by atoms with Gasteiger partial charge in [-0.3, -0.25) is 19.0 Å². The molecule has 0 saturated carbocycles. The van der Waals surface area contributed by atoms with Crippen molar-refractivity contribution in [3.63, 3.8) is 0 Å². The molecule has 334 valence electrons. The third kappa shape index (κ3) is 12.2. The first-order chi connectivity index (χ1) is 29.7. The number of amides is 3. The van der Waals surface area contributed by atoms with E-state index >= 15 is 0 Å². The van der Waals surface area contributed by atoms with Crippen LogP contribution in [0.5, 0.6) is 5.75 Å². The number of hydrogen-bond acceptors (Lipinski definition) is 14. The molecule has 0 spiro atoms. The van der Waals surface area contributed by atoms with Crippen LogP contribution in [-0.2, 0) is 52.7 Å². The monoisotopic (exact) mass is 874 g/mol. The number of imidazole rings is 1. The lowest BCUT2D eigenvalue weighted by Gasteiger charge is -2.24. The van der Waals surface area contributed by atoms with Crippen LogP contribution < -0.4 is 26.4 Å². The van der Waals surface area contributed by atoms with Crippen LogP contribution in [0.25, 0.3) is 11.2 Å². The van der Waals surface area contributed by atoms with Crippen molar-refractivity contribution in [2.24, 2.45) is 17.6 Å². The molecule has 6 atom stereocenters. The number of fused-ring (bicyclic) bond motifs is 2. The number of aryl methyl sites for hydroxylation is 2. The van der Waals surface area contributed by atoms with Crippen molar-refractivity contribution in [2.45, 2.75) is 103 Å². The summed E-state index contributed by atoms with van der Waals surface area (Å²) < 4.78 is 31.5. The molecule has 2 aliphatic heterocycles. The number of nitrogens with one attached hydrogen (secondary N) is 3. The second-order valence-corrected chi connectivity index (χ2v) is 17.4. The van der Waals surface area contributed by atoms with Gasteiger partial charge in [0.05, 0.1) is 20.0 Å². The lowest BCUT2D eigenvalue weighted by atomic mass is 9.91. The standard InChI is InChI=1S/C44H58N8O9S/c1-26(2)19-30(41(55)51-33(38(45)54)17-18-62-6)20-31(53)22-47-43(56)58-23-34-36-37(61-44(3,4)60-36)42(59-34)52-25-50-35-39(48-24-49-40(35)52)46-21-29-11-9-27(10-12-29)7-8-28-13-15-32(57-5)16-14-28/h9-16,24-26,30,33-34,36-37,42H,7-8,17-23H2,1-6H3,(H2,45,54)(H,47,56)(H,51,55)(H,46,48,49)/t30-,33+,34-,36+,37?,42-/m1/s1. The van der Waals surface area contributed by atoms with E-state index in [1.54, 1.807) is 31.9 Å². The maximum Gasteiger partial charge on any atom is 0.407 e. The molecule has 4 heterocycles. The number of methoxy groups -OCH3 is 1. The van der Waals surface area contributed by atoms with Crippen molar-refractivity contribution in [3.8, 4) is 5.75 Å². The highest BCUT2D eigenvalue weighted by atomic mass is 32.2. The Bertz CT molecular complexity index is 2150. The highest BCUT2D eigenvalue weighted by Crippen LogP contribution is 2.44. The molecule has 62 heavy (non-hydrogen) atoms. The highest BCUT2D eigenvalue weighted by molar-refractivity contribution is 7.98. The molecule has 2 fully saturated rings. The number of aromatic nitrogens is 4. The molecule has 0 aliphatic carbocycles. The van der Waals surface area contributed by atoms with E-state index < -0.39 is 60.2 Å². The van der Waals surface area contributed by atoms with Crippen LogP contribution >= 0.6 is 11.8 Å². The SMILES string of the molecule is COc1ccc(CCc2ccc(CNc3ncnc4c3ncn4[C@@H]3O[C@H](COC(=O)NCC(=O)C[C@@H](CC(C)C)C(=O)N[C@@H](CCSC)C(N)=O)[C@@H]4OC(C)(C)OC43)cc2)cc1. The molecule has 1 unspecified atom stereocenters. The Balaban J connectivity index is 1.02. The van der Waals surface area contributed by atoms with E-state index in [-0.39, 0.29) is 31.3 Å². The molecule has 3 amide bonds. The number of ketones is 1. The first kappa shape index (κ1) is 46.2. The molecule has 5 N–H and O–H groups in total. The Labute approximate surface area is 365 Å². The normalized spacial score (nSPS) is 20.0. The Kier molecular flexibility index (Phi) is 15.8. The predicted octanol–water partition coefficient (Wildman–Crippen LogP) is 4.72. The molecule has 2 saturated heterocycles. The fraction of sp³-hybridized carbons (Fsp3) is 0.523. The summed E-state index contributed by atoms with van der Waals surface area (Å²) in [6.45, 7) is 7.44. The highest BCUT2D eigenvalue weighted by Gasteiger charge is 2.56. The number of Topliss-reactive ketones (excluding diaryl/α,β-unsaturated/α-hetero) is 1. The van der Waals surface area contributed by atoms with Gasteiger partial charge < -0.3 is 45.4 Å². The minimum absolute atomic E-state index is 0.101. The van der Waals surface area contributed by atoms with E-state index in [1.165, 1.54) is 29.2 Å². The number of ether oxygens (including phenoxy) is 5. The van der Waals surface area contributed by atoms with E-state index in [1.807, 2.05) is 32.2 Å². The summed E-state index contributed by atoms with van der Waals surface area (Å²) in [7, 11) is 1.67. The number of anilines is 1. The minimum atomic E-state index is -0.946. The summed E-state index contributed by atoms with van der Waals surface area (Å²) in [5, 5.41) is 8.59. The molecule has 2 aliphatic rings. The third-order valence-electron chi connectivity index (χ3n) is 10.8. The van der Waals surface area contributed by atoms with Crippen molar-refractivity contribution < 1.29 is 42.9 Å². The number of nitrogens with zero attached hydrogens (tertiary/aromatic N) is 4. The summed E-state index contributed by atoms with van der Waals surface area (Å²) in [6.07, 6.45) is 4.01. The zero-order valence-corrected chi connectivity index (χ0v) is 36.9. The van der Waals surface area contributed by atoms with E-state index in [0.29, 0.717) is 42.1 Å². The van der Waals surface area contributed by atoms with Gasteiger partial charge in [0.15, 0.2) is 34.8 Å². The largest absolute Gasteiger partial charge is 0.497 e. The number of alkyl carbamates (subject to hydrolysis) is 1. The predicted molar refractivity (Wildman–Crippen MR) is 233 cm³/mol. The van der Waals surface area contributed by atoms with Crippen molar-refractivity contribution in [1.29, 1.82) is 0 Å². The average molecular weight is 875 g/mol. The molecular weight excluding hydrogens is 817 g/mol. The summed E-state index contributed by atoms with van der Waals surface area (Å²) in [5.41, 5.74) is 10.1. The van der Waals surface area contributed by atoms with Gasteiger partial charge in [0.25, 0.3) is 0 Å². The molecule has 0 radical (unpaired) electrons. The van der Waals surface area contributed by atoms with Crippen LogP contribution in [0.4, 0.5) is 10.6 Å². The van der Waals surface area contributed by atoms with Gasteiger partial charge in [-0.1, -0.05) is 50.2 Å². The summed E-state index contributed by atoms with van der Waals surface area (Å²) in [5.74, 6) is -0.927.